The second-order valence-electron chi connectivity index (χ2n) is 5.89. The van der Waals surface area contributed by atoms with Crippen molar-refractivity contribution in [2.75, 3.05) is 11.6 Å². The maximum Gasteiger partial charge on any atom is 0.257 e. The number of benzene rings is 2. The Bertz CT molecular complexity index is 904. The normalized spacial score (nSPS) is 10.5. The van der Waals surface area contributed by atoms with Crippen LogP contribution >= 0.6 is 11.8 Å². The molecule has 0 saturated carbocycles. The molecule has 1 heterocycles. The fourth-order valence-electron chi connectivity index (χ4n) is 2.57. The van der Waals surface area contributed by atoms with Crippen LogP contribution in [0.5, 0.6) is 0 Å². The fraction of sp³-hybridized carbons (Fsp3) is 0.143. The van der Waals surface area contributed by atoms with Gasteiger partial charge in [0.2, 0.25) is 0 Å². The summed E-state index contributed by atoms with van der Waals surface area (Å²) >= 11 is 1.69. The van der Waals surface area contributed by atoms with Crippen LogP contribution in [0.3, 0.4) is 0 Å². The molecule has 0 aliphatic heterocycles. The Balaban J connectivity index is 1.79. The SMILES string of the molecule is CSc1ccccc1-c1ccc(C(=O)Nc2ccc(C)c(C)c2)cn1. The number of nitrogens with one attached hydrogen (secondary N) is 1. The molecule has 1 amide bonds. The van der Waals surface area contributed by atoms with Crippen LogP contribution in [-0.4, -0.2) is 17.1 Å². The number of carbonyl (C=O) groups is 1. The molecule has 2 aromatic carbocycles. The van der Waals surface area contributed by atoms with Gasteiger partial charge in [-0.25, -0.2) is 0 Å². The summed E-state index contributed by atoms with van der Waals surface area (Å²) in [4.78, 5) is 18.1. The van der Waals surface area contributed by atoms with Crippen LogP contribution in [0, 0.1) is 13.8 Å². The smallest absolute Gasteiger partial charge is 0.257 e. The summed E-state index contributed by atoms with van der Waals surface area (Å²) in [5, 5.41) is 2.92. The van der Waals surface area contributed by atoms with Gasteiger partial charge in [-0.2, -0.15) is 0 Å². The number of hydrogen-bond acceptors (Lipinski definition) is 3. The number of amides is 1. The molecule has 0 fully saturated rings. The summed E-state index contributed by atoms with van der Waals surface area (Å²) in [6.45, 7) is 4.08. The first-order valence-electron chi connectivity index (χ1n) is 8.06. The number of rotatable bonds is 4. The molecule has 126 valence electrons. The summed E-state index contributed by atoms with van der Waals surface area (Å²) < 4.78 is 0. The van der Waals surface area contributed by atoms with E-state index in [1.165, 1.54) is 10.5 Å². The number of anilines is 1. The molecule has 0 aliphatic rings. The van der Waals surface area contributed by atoms with Gasteiger partial charge in [0.1, 0.15) is 0 Å². The van der Waals surface area contributed by atoms with Gasteiger partial charge in [-0.05, 0) is 61.6 Å². The van der Waals surface area contributed by atoms with Gasteiger partial charge in [0.05, 0.1) is 11.3 Å². The van der Waals surface area contributed by atoms with Crippen molar-refractivity contribution >= 4 is 23.4 Å². The van der Waals surface area contributed by atoms with E-state index < -0.39 is 0 Å². The van der Waals surface area contributed by atoms with Crippen molar-refractivity contribution < 1.29 is 4.79 Å². The first-order valence-corrected chi connectivity index (χ1v) is 9.29. The maximum absolute atomic E-state index is 12.4. The van der Waals surface area contributed by atoms with Gasteiger partial charge >= 0.3 is 0 Å². The Labute approximate surface area is 152 Å². The van der Waals surface area contributed by atoms with Crippen molar-refractivity contribution in [1.29, 1.82) is 0 Å². The van der Waals surface area contributed by atoms with E-state index in [-0.39, 0.29) is 5.91 Å². The monoisotopic (exact) mass is 348 g/mol. The third kappa shape index (κ3) is 3.91. The van der Waals surface area contributed by atoms with Crippen LogP contribution in [0.15, 0.2) is 65.7 Å². The lowest BCUT2D eigenvalue weighted by Gasteiger charge is -2.09. The lowest BCUT2D eigenvalue weighted by molar-refractivity contribution is 0.102. The van der Waals surface area contributed by atoms with Gasteiger partial charge in [0, 0.05) is 22.3 Å². The third-order valence-corrected chi connectivity index (χ3v) is 4.97. The molecule has 0 unspecified atom stereocenters. The highest BCUT2D eigenvalue weighted by molar-refractivity contribution is 7.98. The summed E-state index contributed by atoms with van der Waals surface area (Å²) in [7, 11) is 0. The van der Waals surface area contributed by atoms with Gasteiger partial charge in [0.25, 0.3) is 5.91 Å². The minimum Gasteiger partial charge on any atom is -0.322 e. The van der Waals surface area contributed by atoms with E-state index in [1.807, 2.05) is 61.7 Å². The molecule has 0 saturated heterocycles. The topological polar surface area (TPSA) is 42.0 Å². The standard InChI is InChI=1S/C21H20N2OS/c1-14-8-10-17(12-15(14)2)23-21(24)16-9-11-19(22-13-16)18-6-4-5-7-20(18)25-3/h4-13H,1-3H3,(H,23,24). The van der Waals surface area contributed by atoms with E-state index in [0.29, 0.717) is 5.56 Å². The number of carbonyl (C=O) groups excluding carboxylic acids is 1. The molecule has 3 rings (SSSR count). The third-order valence-electron chi connectivity index (χ3n) is 4.17. The minimum atomic E-state index is -0.152. The second-order valence-corrected chi connectivity index (χ2v) is 6.73. The number of thioether (sulfide) groups is 1. The molecule has 25 heavy (non-hydrogen) atoms. The lowest BCUT2D eigenvalue weighted by Crippen LogP contribution is -2.12. The molecule has 0 bridgehead atoms. The molecular formula is C21H20N2OS. The minimum absolute atomic E-state index is 0.152. The van der Waals surface area contributed by atoms with E-state index in [0.717, 1.165) is 22.5 Å². The predicted molar refractivity (Wildman–Crippen MR) is 105 cm³/mol. The van der Waals surface area contributed by atoms with Crippen LogP contribution in [0.4, 0.5) is 5.69 Å². The van der Waals surface area contributed by atoms with Gasteiger partial charge in [0.15, 0.2) is 0 Å². The quantitative estimate of drug-likeness (QED) is 0.647. The number of aromatic nitrogens is 1. The van der Waals surface area contributed by atoms with Crippen molar-refractivity contribution in [2.24, 2.45) is 0 Å². The van der Waals surface area contributed by atoms with Crippen LogP contribution < -0.4 is 5.32 Å². The van der Waals surface area contributed by atoms with E-state index in [4.69, 9.17) is 0 Å². The molecule has 4 heteroatoms. The Morgan fingerprint density at radius 1 is 1.00 bits per heavy atom. The maximum atomic E-state index is 12.4. The molecule has 0 aliphatic carbocycles. The van der Waals surface area contributed by atoms with E-state index in [2.05, 4.69) is 23.3 Å². The first-order chi connectivity index (χ1) is 12.1. The zero-order valence-electron chi connectivity index (χ0n) is 14.5. The van der Waals surface area contributed by atoms with E-state index in [1.54, 1.807) is 18.0 Å². The highest BCUT2D eigenvalue weighted by Crippen LogP contribution is 2.28. The molecule has 0 atom stereocenters. The second kappa shape index (κ2) is 7.53. The number of nitrogens with zero attached hydrogens (tertiary/aromatic N) is 1. The van der Waals surface area contributed by atoms with Gasteiger partial charge < -0.3 is 5.32 Å². The van der Waals surface area contributed by atoms with Crippen LogP contribution in [0.25, 0.3) is 11.3 Å². The molecule has 3 nitrogen and oxygen atoms in total. The first kappa shape index (κ1) is 17.2. The van der Waals surface area contributed by atoms with Gasteiger partial charge in [-0.3, -0.25) is 9.78 Å². The predicted octanol–water partition coefficient (Wildman–Crippen LogP) is 5.34. The van der Waals surface area contributed by atoms with Crippen molar-refractivity contribution in [3.8, 4) is 11.3 Å². The Morgan fingerprint density at radius 3 is 2.48 bits per heavy atom. The van der Waals surface area contributed by atoms with Crippen LogP contribution in [0.1, 0.15) is 21.5 Å². The van der Waals surface area contributed by atoms with E-state index >= 15 is 0 Å². The Morgan fingerprint density at radius 2 is 1.80 bits per heavy atom. The van der Waals surface area contributed by atoms with Crippen LogP contribution in [-0.2, 0) is 0 Å². The molecule has 3 aromatic rings. The zero-order chi connectivity index (χ0) is 17.8. The van der Waals surface area contributed by atoms with Crippen molar-refractivity contribution in [1.82, 2.24) is 4.98 Å². The molecular weight excluding hydrogens is 328 g/mol. The summed E-state index contributed by atoms with van der Waals surface area (Å²) in [6, 6.07) is 17.7. The summed E-state index contributed by atoms with van der Waals surface area (Å²) in [6.07, 6.45) is 3.67. The number of pyridine rings is 1. The Kier molecular flexibility index (Phi) is 5.19. The number of aryl methyl sites for hydroxylation is 2. The number of hydrogen-bond donors (Lipinski definition) is 1. The highest BCUT2D eigenvalue weighted by atomic mass is 32.2. The molecule has 0 radical (unpaired) electrons. The Hall–Kier alpha value is -2.59. The van der Waals surface area contributed by atoms with Crippen molar-refractivity contribution in [3.05, 3.63) is 77.5 Å². The molecule has 1 aromatic heterocycles. The van der Waals surface area contributed by atoms with Gasteiger partial charge in [-0.1, -0.05) is 24.3 Å². The van der Waals surface area contributed by atoms with Crippen LogP contribution in [0.2, 0.25) is 0 Å². The highest BCUT2D eigenvalue weighted by Gasteiger charge is 2.09. The van der Waals surface area contributed by atoms with Crippen molar-refractivity contribution in [3.63, 3.8) is 0 Å². The molecule has 0 spiro atoms. The average molecular weight is 348 g/mol. The average Bonchev–Trinajstić information content (AvgIpc) is 2.65. The lowest BCUT2D eigenvalue weighted by atomic mass is 10.1. The van der Waals surface area contributed by atoms with Crippen molar-refractivity contribution in [2.45, 2.75) is 18.7 Å². The zero-order valence-corrected chi connectivity index (χ0v) is 15.4. The van der Waals surface area contributed by atoms with Gasteiger partial charge in [-0.15, -0.1) is 11.8 Å². The summed E-state index contributed by atoms with van der Waals surface area (Å²) in [5.74, 6) is -0.152. The summed E-state index contributed by atoms with van der Waals surface area (Å²) in [5.41, 5.74) is 5.65. The fourth-order valence-corrected chi connectivity index (χ4v) is 3.17. The van der Waals surface area contributed by atoms with E-state index in [9.17, 15) is 4.79 Å². The largest absolute Gasteiger partial charge is 0.322 e. The molecule has 1 N–H and O–H groups in total.